The largest absolute Gasteiger partial charge is 0.355 e. The third-order valence-electron chi connectivity index (χ3n) is 6.59. The van der Waals surface area contributed by atoms with Crippen molar-refractivity contribution in [1.29, 1.82) is 0 Å². The number of piperidine rings is 2. The molecule has 0 N–H and O–H groups in total. The third kappa shape index (κ3) is 4.12. The van der Waals surface area contributed by atoms with Gasteiger partial charge < -0.3 is 9.47 Å². The Morgan fingerprint density at radius 2 is 1.64 bits per heavy atom. The Labute approximate surface area is 167 Å². The molecule has 4 heterocycles. The fraction of sp³-hybridized carbons (Fsp3) is 0.591. The van der Waals surface area contributed by atoms with Crippen molar-refractivity contribution in [1.82, 2.24) is 19.4 Å². The van der Waals surface area contributed by atoms with Gasteiger partial charge in [-0.3, -0.25) is 14.7 Å². The minimum absolute atomic E-state index is 0.135. The smallest absolute Gasteiger partial charge is 0.254 e. The molecule has 2 aliphatic heterocycles. The van der Waals surface area contributed by atoms with Crippen molar-refractivity contribution in [3.63, 3.8) is 0 Å². The molecule has 4 rings (SSSR count). The van der Waals surface area contributed by atoms with Gasteiger partial charge in [0, 0.05) is 50.8 Å². The summed E-state index contributed by atoms with van der Waals surface area (Å²) >= 11 is 0. The summed E-state index contributed by atoms with van der Waals surface area (Å²) in [6, 6.07) is 3.94. The van der Waals surface area contributed by atoms with Crippen LogP contribution in [0.3, 0.4) is 0 Å². The average molecular weight is 382 g/mol. The van der Waals surface area contributed by atoms with Crippen LogP contribution in [0.4, 0.5) is 5.82 Å². The van der Waals surface area contributed by atoms with E-state index in [1.54, 1.807) is 17.0 Å². The molecule has 0 amide bonds. The second-order valence-corrected chi connectivity index (χ2v) is 8.35. The molecule has 28 heavy (non-hydrogen) atoms. The monoisotopic (exact) mass is 381 g/mol. The first-order valence-electron chi connectivity index (χ1n) is 10.5. The molecule has 0 unspecified atom stereocenters. The molecule has 2 aromatic heterocycles. The topological polar surface area (TPSA) is 54.3 Å². The van der Waals surface area contributed by atoms with Gasteiger partial charge in [0.2, 0.25) is 0 Å². The summed E-state index contributed by atoms with van der Waals surface area (Å²) < 4.78 is 1.68. The Kier molecular flexibility index (Phi) is 5.76. The lowest BCUT2D eigenvalue weighted by Crippen LogP contribution is -2.41. The van der Waals surface area contributed by atoms with E-state index in [1.165, 1.54) is 25.7 Å². The summed E-state index contributed by atoms with van der Waals surface area (Å²) in [7, 11) is 1.83. The highest BCUT2D eigenvalue weighted by atomic mass is 16.1. The number of hydrogen-bond donors (Lipinski definition) is 0. The highest BCUT2D eigenvalue weighted by Gasteiger charge is 2.30. The van der Waals surface area contributed by atoms with Crippen LogP contribution in [0.1, 0.15) is 36.9 Å². The zero-order chi connectivity index (χ0) is 19.5. The maximum atomic E-state index is 12.2. The predicted octanol–water partition coefficient (Wildman–Crippen LogP) is 2.61. The fourth-order valence-electron chi connectivity index (χ4n) is 4.89. The number of hydrogen-bond acceptors (Lipinski definition) is 5. The fourth-order valence-corrected chi connectivity index (χ4v) is 4.89. The number of pyridine rings is 1. The minimum Gasteiger partial charge on any atom is -0.355 e. The van der Waals surface area contributed by atoms with Crippen molar-refractivity contribution in [2.45, 2.75) is 39.2 Å². The lowest BCUT2D eigenvalue weighted by molar-refractivity contribution is 0.128. The number of rotatable bonds is 4. The molecule has 150 valence electrons. The summed E-state index contributed by atoms with van der Waals surface area (Å²) in [4.78, 5) is 26.0. The lowest BCUT2D eigenvalue weighted by atomic mass is 9.78. The van der Waals surface area contributed by atoms with Gasteiger partial charge in [0.1, 0.15) is 5.82 Å². The number of nitrogens with zero attached hydrogens (tertiary/aromatic N) is 5. The first-order valence-corrected chi connectivity index (χ1v) is 10.5. The van der Waals surface area contributed by atoms with E-state index in [9.17, 15) is 4.79 Å². The van der Waals surface area contributed by atoms with Crippen molar-refractivity contribution < 1.29 is 0 Å². The molecule has 6 heteroatoms. The summed E-state index contributed by atoms with van der Waals surface area (Å²) in [6.45, 7) is 7.21. The van der Waals surface area contributed by atoms with E-state index in [2.05, 4.69) is 19.8 Å². The summed E-state index contributed by atoms with van der Waals surface area (Å²) in [5.41, 5.74) is 2.08. The molecule has 0 saturated carbocycles. The zero-order valence-electron chi connectivity index (χ0n) is 17.0. The molecule has 6 nitrogen and oxygen atoms in total. The Hall–Kier alpha value is -2.21. The van der Waals surface area contributed by atoms with Gasteiger partial charge in [-0.15, -0.1) is 0 Å². The van der Waals surface area contributed by atoms with Crippen LogP contribution >= 0.6 is 0 Å². The number of anilines is 1. The Morgan fingerprint density at radius 3 is 2.32 bits per heavy atom. The third-order valence-corrected chi connectivity index (χ3v) is 6.59. The maximum Gasteiger partial charge on any atom is 0.254 e. The molecule has 2 saturated heterocycles. The highest BCUT2D eigenvalue weighted by Crippen LogP contribution is 2.34. The first kappa shape index (κ1) is 19.1. The van der Waals surface area contributed by atoms with Gasteiger partial charge >= 0.3 is 0 Å². The van der Waals surface area contributed by atoms with Crippen molar-refractivity contribution in [3.05, 3.63) is 52.3 Å². The van der Waals surface area contributed by atoms with E-state index in [0.717, 1.165) is 61.6 Å². The number of aromatic nitrogens is 3. The van der Waals surface area contributed by atoms with E-state index in [-0.39, 0.29) is 5.56 Å². The van der Waals surface area contributed by atoms with Crippen LogP contribution in [0.2, 0.25) is 0 Å². The van der Waals surface area contributed by atoms with E-state index < -0.39 is 0 Å². The molecular formula is C22H31N5O. The van der Waals surface area contributed by atoms with Gasteiger partial charge in [-0.05, 0) is 63.6 Å². The van der Waals surface area contributed by atoms with Crippen molar-refractivity contribution >= 4 is 5.82 Å². The molecule has 2 aliphatic rings. The highest BCUT2D eigenvalue weighted by molar-refractivity contribution is 5.42. The van der Waals surface area contributed by atoms with Crippen molar-refractivity contribution in [2.24, 2.45) is 18.9 Å². The number of aryl methyl sites for hydroxylation is 2. The molecule has 0 radical (unpaired) electrons. The van der Waals surface area contributed by atoms with Crippen LogP contribution in [-0.4, -0.2) is 45.6 Å². The summed E-state index contributed by atoms with van der Waals surface area (Å²) in [5, 5.41) is 0. The van der Waals surface area contributed by atoms with Crippen LogP contribution in [0.25, 0.3) is 0 Å². The van der Waals surface area contributed by atoms with Crippen molar-refractivity contribution in [3.8, 4) is 0 Å². The molecule has 0 aliphatic carbocycles. The summed E-state index contributed by atoms with van der Waals surface area (Å²) in [6.07, 6.45) is 10.4. The lowest BCUT2D eigenvalue weighted by Gasteiger charge is -2.40. The van der Waals surface area contributed by atoms with Crippen LogP contribution in [0.15, 0.2) is 35.5 Å². The second kappa shape index (κ2) is 8.43. The van der Waals surface area contributed by atoms with Gasteiger partial charge in [0.25, 0.3) is 5.56 Å². The standard InChI is InChI=1S/C22H31N5O/c1-17-21(24-10-9-23-17)27-14-7-19(8-15-27)18-5-12-26(13-6-18)16-20-4-3-11-25(2)22(20)28/h3-4,9-11,18-19H,5-8,12-16H2,1-2H3. The Morgan fingerprint density at radius 1 is 1.00 bits per heavy atom. The van der Waals surface area contributed by atoms with Gasteiger partial charge in [0.15, 0.2) is 0 Å². The molecule has 2 aromatic rings. The molecule has 2 fully saturated rings. The molecular weight excluding hydrogens is 350 g/mol. The number of likely N-dealkylation sites (tertiary alicyclic amines) is 1. The van der Waals surface area contributed by atoms with Crippen LogP contribution < -0.4 is 10.5 Å². The summed E-state index contributed by atoms with van der Waals surface area (Å²) in [5.74, 6) is 2.69. The molecule has 0 spiro atoms. The van der Waals surface area contributed by atoms with E-state index >= 15 is 0 Å². The second-order valence-electron chi connectivity index (χ2n) is 8.35. The van der Waals surface area contributed by atoms with E-state index in [4.69, 9.17) is 0 Å². The van der Waals surface area contributed by atoms with Gasteiger partial charge in [-0.25, -0.2) is 4.98 Å². The van der Waals surface area contributed by atoms with Crippen molar-refractivity contribution in [2.75, 3.05) is 31.1 Å². The quantitative estimate of drug-likeness (QED) is 0.815. The zero-order valence-corrected chi connectivity index (χ0v) is 17.0. The molecule has 0 aromatic carbocycles. The molecule has 0 bridgehead atoms. The minimum atomic E-state index is 0.135. The first-order chi connectivity index (χ1) is 13.6. The van der Waals surface area contributed by atoms with Gasteiger partial charge in [-0.1, -0.05) is 6.07 Å². The van der Waals surface area contributed by atoms with Gasteiger partial charge in [0.05, 0.1) is 5.69 Å². The van der Waals surface area contributed by atoms with Gasteiger partial charge in [-0.2, -0.15) is 0 Å². The maximum absolute atomic E-state index is 12.2. The van der Waals surface area contributed by atoms with E-state index in [0.29, 0.717) is 0 Å². The van der Waals surface area contributed by atoms with Crippen LogP contribution in [-0.2, 0) is 13.6 Å². The predicted molar refractivity (Wildman–Crippen MR) is 111 cm³/mol. The van der Waals surface area contributed by atoms with Crippen LogP contribution in [0, 0.1) is 18.8 Å². The Bertz CT molecular complexity index is 848. The SMILES string of the molecule is Cc1nccnc1N1CCC(C2CCN(Cc3cccn(C)c3=O)CC2)CC1. The Balaban J connectivity index is 1.27. The molecule has 0 atom stereocenters. The average Bonchev–Trinajstić information content (AvgIpc) is 2.73. The van der Waals surface area contributed by atoms with Crippen LogP contribution in [0.5, 0.6) is 0 Å². The van der Waals surface area contributed by atoms with E-state index in [1.807, 2.05) is 32.3 Å². The normalized spacial score (nSPS) is 19.9.